The second-order valence-corrected chi connectivity index (χ2v) is 17.0. The number of benzene rings is 6. The van der Waals surface area contributed by atoms with E-state index in [-0.39, 0.29) is 28.5 Å². The molecule has 0 unspecified atom stereocenters. The molecule has 0 saturated heterocycles. The first-order valence-corrected chi connectivity index (χ1v) is 19.5. The SMILES string of the molecule is [2H]c1c([2H])c([2H])c(-c2cnc(-n3c4ccccc4c4c(C#N)cc(Oc5cccc(N6CN(c7cc(C(C)(C)C)cc(C(C)(C)C)c7)c7ccccc76)c5)cc43)cc2C)c([2H])c1[2H]. The second kappa shape index (κ2) is 14.0. The number of aromatic nitrogens is 2. The summed E-state index contributed by atoms with van der Waals surface area (Å²) in [6.07, 6.45) is 1.55. The summed E-state index contributed by atoms with van der Waals surface area (Å²) >= 11 is 0. The van der Waals surface area contributed by atoms with E-state index in [1.54, 1.807) is 12.3 Å². The molecule has 0 bridgehead atoms. The number of anilines is 4. The van der Waals surface area contributed by atoms with Crippen LogP contribution < -0.4 is 14.5 Å². The van der Waals surface area contributed by atoms with E-state index in [0.29, 0.717) is 46.2 Å². The van der Waals surface area contributed by atoms with E-state index in [1.165, 1.54) is 11.1 Å². The summed E-state index contributed by atoms with van der Waals surface area (Å²) in [5.74, 6) is 1.62. The van der Waals surface area contributed by atoms with Crippen molar-refractivity contribution in [3.8, 4) is 34.5 Å². The van der Waals surface area contributed by atoms with Crippen molar-refractivity contribution >= 4 is 44.6 Å². The Labute approximate surface area is 348 Å². The maximum Gasteiger partial charge on any atom is 0.137 e. The molecule has 2 aromatic heterocycles. The zero-order valence-corrected chi connectivity index (χ0v) is 33.8. The van der Waals surface area contributed by atoms with Gasteiger partial charge in [0.05, 0.1) is 40.9 Å². The molecule has 6 nitrogen and oxygen atoms in total. The average molecular weight is 763 g/mol. The van der Waals surface area contributed by atoms with Crippen molar-refractivity contribution in [2.24, 2.45) is 0 Å². The van der Waals surface area contributed by atoms with Gasteiger partial charge < -0.3 is 14.5 Å². The summed E-state index contributed by atoms with van der Waals surface area (Å²) in [5.41, 5.74) is 10.0. The van der Waals surface area contributed by atoms with Gasteiger partial charge in [-0.3, -0.25) is 4.57 Å². The van der Waals surface area contributed by atoms with E-state index >= 15 is 0 Å². The lowest BCUT2D eigenvalue weighted by molar-refractivity contribution is 0.483. The summed E-state index contributed by atoms with van der Waals surface area (Å²) < 4.78 is 50.3. The van der Waals surface area contributed by atoms with Gasteiger partial charge in [0.2, 0.25) is 0 Å². The molecule has 9 rings (SSSR count). The van der Waals surface area contributed by atoms with Crippen LogP contribution in [0, 0.1) is 18.3 Å². The topological polar surface area (TPSA) is 57.3 Å². The lowest BCUT2D eigenvalue weighted by Crippen LogP contribution is -2.25. The molecule has 0 fully saturated rings. The van der Waals surface area contributed by atoms with E-state index in [1.807, 2.05) is 66.1 Å². The lowest BCUT2D eigenvalue weighted by Gasteiger charge is -2.29. The Morgan fingerprint density at radius 3 is 2.03 bits per heavy atom. The summed E-state index contributed by atoms with van der Waals surface area (Å²) in [6, 6.07) is 37.4. The fraction of sp³-hybridized carbons (Fsp3) is 0.192. The summed E-state index contributed by atoms with van der Waals surface area (Å²) in [6.45, 7) is 16.0. The highest BCUT2D eigenvalue weighted by Gasteiger charge is 2.30. The number of rotatable bonds is 6. The minimum atomic E-state index is -0.445. The van der Waals surface area contributed by atoms with Crippen molar-refractivity contribution in [3.63, 3.8) is 0 Å². The largest absolute Gasteiger partial charge is 0.457 e. The zero-order valence-electron chi connectivity index (χ0n) is 38.8. The predicted octanol–water partition coefficient (Wildman–Crippen LogP) is 13.7. The highest BCUT2D eigenvalue weighted by Crippen LogP contribution is 2.47. The molecular weight excluding hydrogens is 711 g/mol. The van der Waals surface area contributed by atoms with Crippen LogP contribution in [0.15, 0.2) is 146 Å². The first kappa shape index (κ1) is 31.3. The van der Waals surface area contributed by atoms with Gasteiger partial charge in [-0.2, -0.15) is 5.26 Å². The van der Waals surface area contributed by atoms with E-state index in [4.69, 9.17) is 16.6 Å². The van der Waals surface area contributed by atoms with Crippen LogP contribution in [0.1, 0.15) is 70.7 Å². The van der Waals surface area contributed by atoms with Crippen LogP contribution in [0.4, 0.5) is 22.7 Å². The Morgan fingerprint density at radius 2 is 1.36 bits per heavy atom. The van der Waals surface area contributed by atoms with Crippen molar-refractivity contribution in [1.82, 2.24) is 9.55 Å². The number of nitriles is 1. The van der Waals surface area contributed by atoms with E-state index in [9.17, 15) is 5.26 Å². The van der Waals surface area contributed by atoms with Crippen molar-refractivity contribution in [1.29, 1.82) is 5.26 Å². The molecule has 0 atom stereocenters. The van der Waals surface area contributed by atoms with Gasteiger partial charge in [0.1, 0.15) is 24.0 Å². The minimum absolute atomic E-state index is 0.0269. The highest BCUT2D eigenvalue weighted by atomic mass is 16.5. The third kappa shape index (κ3) is 6.53. The molecule has 0 radical (unpaired) electrons. The first-order valence-electron chi connectivity index (χ1n) is 22.0. The number of hydrogen-bond acceptors (Lipinski definition) is 5. The molecule has 6 heteroatoms. The molecule has 0 spiro atoms. The molecule has 0 amide bonds. The van der Waals surface area contributed by atoms with E-state index in [2.05, 4.69) is 106 Å². The molecule has 286 valence electrons. The Morgan fingerprint density at radius 1 is 0.690 bits per heavy atom. The van der Waals surface area contributed by atoms with Gasteiger partial charge >= 0.3 is 0 Å². The van der Waals surface area contributed by atoms with Crippen molar-refractivity contribution in [3.05, 3.63) is 168 Å². The van der Waals surface area contributed by atoms with E-state index in [0.717, 1.165) is 39.0 Å². The maximum absolute atomic E-state index is 10.6. The monoisotopic (exact) mass is 762 g/mol. The molecule has 6 aromatic carbocycles. The zero-order chi connectivity index (χ0) is 44.7. The van der Waals surface area contributed by atoms with Crippen LogP contribution in [0.5, 0.6) is 11.5 Å². The molecule has 0 N–H and O–H groups in total. The van der Waals surface area contributed by atoms with Gasteiger partial charge in [0, 0.05) is 46.0 Å². The van der Waals surface area contributed by atoms with Gasteiger partial charge in [-0.1, -0.05) is 114 Å². The third-order valence-electron chi connectivity index (χ3n) is 11.0. The fourth-order valence-corrected chi connectivity index (χ4v) is 7.91. The standard InChI is InChI=1S/C52H47N5O/c1-34-24-49(54-32-44(34)35-16-9-8-10-17-35)57-45-21-12-11-20-43(45)50-36(31-53)25-42(30-48(50)57)58-41-19-15-18-39(29-41)55-33-56(47-23-14-13-22-46(47)55)40-27-37(51(2,3)4)26-38(28-40)52(5,6)7/h8-30,32H,33H2,1-7H3/i8D,9D,10D,16D,17D. The highest BCUT2D eigenvalue weighted by molar-refractivity contribution is 6.12. The average Bonchev–Trinajstić information content (AvgIpc) is 3.81. The Balaban J connectivity index is 1.10. The van der Waals surface area contributed by atoms with Crippen LogP contribution in [0.2, 0.25) is 0 Å². The van der Waals surface area contributed by atoms with Gasteiger partial charge in [-0.15, -0.1) is 0 Å². The molecule has 58 heavy (non-hydrogen) atoms. The lowest BCUT2D eigenvalue weighted by atomic mass is 9.80. The van der Waals surface area contributed by atoms with Gasteiger partial charge in [-0.25, -0.2) is 4.98 Å². The molecule has 0 saturated carbocycles. The Kier molecular flexibility index (Phi) is 7.53. The van der Waals surface area contributed by atoms with Crippen molar-refractivity contribution < 1.29 is 11.6 Å². The number of nitrogens with zero attached hydrogens (tertiary/aromatic N) is 5. The molecular formula is C52H47N5O. The predicted molar refractivity (Wildman–Crippen MR) is 239 cm³/mol. The van der Waals surface area contributed by atoms with Crippen molar-refractivity contribution in [2.45, 2.75) is 59.3 Å². The number of fused-ring (bicyclic) bond motifs is 4. The summed E-state index contributed by atoms with van der Waals surface area (Å²) in [4.78, 5) is 9.50. The number of para-hydroxylation sites is 3. The minimum Gasteiger partial charge on any atom is -0.457 e. The van der Waals surface area contributed by atoms with Gasteiger partial charge in [-0.05, 0) is 94.6 Å². The number of pyridine rings is 1. The molecule has 8 aromatic rings. The Hall–Kier alpha value is -6.84. The van der Waals surface area contributed by atoms with Gasteiger partial charge in [0.25, 0.3) is 0 Å². The molecule has 0 aliphatic carbocycles. The number of aryl methyl sites for hydroxylation is 1. The molecule has 3 heterocycles. The van der Waals surface area contributed by atoms with Crippen molar-refractivity contribution in [2.75, 3.05) is 16.5 Å². The van der Waals surface area contributed by atoms with Gasteiger partial charge in [0.15, 0.2) is 0 Å². The third-order valence-corrected chi connectivity index (χ3v) is 11.0. The second-order valence-electron chi connectivity index (χ2n) is 17.0. The fourth-order valence-electron chi connectivity index (χ4n) is 7.91. The maximum atomic E-state index is 10.6. The van der Waals surface area contributed by atoms with Crippen LogP contribution in [-0.2, 0) is 10.8 Å². The summed E-state index contributed by atoms with van der Waals surface area (Å²) in [5, 5.41) is 12.2. The number of hydrogen-bond donors (Lipinski definition) is 0. The smallest absolute Gasteiger partial charge is 0.137 e. The molecule has 1 aliphatic rings. The normalized spacial score (nSPS) is 14.1. The van der Waals surface area contributed by atoms with Crippen LogP contribution in [-0.4, -0.2) is 16.2 Å². The van der Waals surface area contributed by atoms with E-state index < -0.39 is 18.1 Å². The van der Waals surface area contributed by atoms with Crippen LogP contribution in [0.3, 0.4) is 0 Å². The quantitative estimate of drug-likeness (QED) is 0.169. The summed E-state index contributed by atoms with van der Waals surface area (Å²) in [7, 11) is 0. The van der Waals surface area contributed by atoms with Crippen LogP contribution in [0.25, 0.3) is 38.8 Å². The first-order chi connectivity index (χ1) is 29.9. The Bertz CT molecular complexity index is 3150. The molecule has 1 aliphatic heterocycles. The number of ether oxygens (including phenoxy) is 1. The van der Waals surface area contributed by atoms with Crippen LogP contribution >= 0.6 is 0 Å².